The summed E-state index contributed by atoms with van der Waals surface area (Å²) in [5, 5.41) is 6.28. The van der Waals surface area contributed by atoms with Gasteiger partial charge in [-0.3, -0.25) is 14.7 Å². The van der Waals surface area contributed by atoms with E-state index < -0.39 is 11.2 Å². The summed E-state index contributed by atoms with van der Waals surface area (Å²) in [4.78, 5) is 45.1. The van der Waals surface area contributed by atoms with Gasteiger partial charge in [-0.15, -0.1) is 0 Å². The van der Waals surface area contributed by atoms with Crippen LogP contribution in [0.4, 0.5) is 10.6 Å². The van der Waals surface area contributed by atoms with Gasteiger partial charge in [-0.05, 0) is 63.3 Å². The molecule has 1 saturated heterocycles. The molecular formula is C26H38N8O3. The fourth-order valence-corrected chi connectivity index (χ4v) is 4.78. The van der Waals surface area contributed by atoms with Crippen LogP contribution < -0.4 is 27.8 Å². The number of carbonyl (C=O) groups excluding carboxylic acids is 2. The molecule has 1 aromatic carbocycles. The first-order chi connectivity index (χ1) is 17.6. The number of nitrogens with zero attached hydrogens (tertiary/aromatic N) is 4. The summed E-state index contributed by atoms with van der Waals surface area (Å²) >= 11 is 0. The molecule has 6 N–H and O–H groups in total. The number of benzene rings is 1. The fraction of sp³-hybridized carbons (Fsp3) is 0.538. The molecule has 37 heavy (non-hydrogen) atoms. The molecule has 1 aliphatic heterocycles. The Morgan fingerprint density at radius 3 is 2.38 bits per heavy atom. The van der Waals surface area contributed by atoms with Crippen molar-refractivity contribution in [1.82, 2.24) is 24.7 Å². The van der Waals surface area contributed by atoms with E-state index in [1.807, 2.05) is 24.3 Å². The number of piperazine rings is 1. The highest BCUT2D eigenvalue weighted by atomic mass is 16.2. The van der Waals surface area contributed by atoms with E-state index in [2.05, 4.69) is 15.6 Å². The lowest BCUT2D eigenvalue weighted by Gasteiger charge is -2.37. The second-order valence-corrected chi connectivity index (χ2v) is 10.6. The van der Waals surface area contributed by atoms with E-state index >= 15 is 0 Å². The number of nitrogens with two attached hydrogens (primary N) is 2. The Kier molecular flexibility index (Phi) is 8.25. The van der Waals surface area contributed by atoms with Gasteiger partial charge in [0.05, 0.1) is 11.2 Å². The van der Waals surface area contributed by atoms with Crippen LogP contribution in [0.1, 0.15) is 45.1 Å². The Bertz CT molecular complexity index is 1160. The first kappa shape index (κ1) is 26.8. The van der Waals surface area contributed by atoms with Gasteiger partial charge in [0.15, 0.2) is 0 Å². The molecule has 2 aliphatic rings. The zero-order chi connectivity index (χ0) is 26.6. The Morgan fingerprint density at radius 2 is 1.73 bits per heavy atom. The Morgan fingerprint density at radius 1 is 1.05 bits per heavy atom. The minimum Gasteiger partial charge on any atom is -0.338 e. The van der Waals surface area contributed by atoms with Crippen molar-refractivity contribution in [2.24, 2.45) is 11.5 Å². The normalized spacial score (nSPS) is 20.5. The molecule has 4 rings (SSSR count). The average molecular weight is 511 g/mol. The van der Waals surface area contributed by atoms with Gasteiger partial charge in [-0.1, -0.05) is 12.1 Å². The molecule has 1 aliphatic carbocycles. The molecule has 2 heterocycles. The minimum absolute atomic E-state index is 0.142. The molecule has 0 unspecified atom stereocenters. The molecule has 3 amide bonds. The van der Waals surface area contributed by atoms with Gasteiger partial charge < -0.3 is 26.6 Å². The molecule has 0 radical (unpaired) electrons. The maximum Gasteiger partial charge on any atom is 0.354 e. The lowest BCUT2D eigenvalue weighted by atomic mass is 9.92. The van der Waals surface area contributed by atoms with Gasteiger partial charge in [-0.2, -0.15) is 4.98 Å². The third kappa shape index (κ3) is 6.94. The first-order valence-electron chi connectivity index (χ1n) is 12.9. The van der Waals surface area contributed by atoms with Gasteiger partial charge in [0, 0.05) is 51.0 Å². The lowest BCUT2D eigenvalue weighted by Crippen LogP contribution is -2.58. The van der Waals surface area contributed by atoms with E-state index in [0.29, 0.717) is 50.5 Å². The topological polar surface area (TPSA) is 152 Å². The van der Waals surface area contributed by atoms with Crippen molar-refractivity contribution >= 4 is 17.8 Å². The van der Waals surface area contributed by atoms with Crippen LogP contribution in [0.2, 0.25) is 0 Å². The SMILES string of the molecule is CC(C)(N)C(=O)N1CCN(C(=O)Nc2ccn(-c3cccc(CNC4CCC(N)CC4)c3)c(=O)n2)CC1. The third-order valence-electron chi connectivity index (χ3n) is 7.00. The average Bonchev–Trinajstić information content (AvgIpc) is 2.88. The zero-order valence-electron chi connectivity index (χ0n) is 21.7. The molecule has 0 bridgehead atoms. The summed E-state index contributed by atoms with van der Waals surface area (Å²) in [6.07, 6.45) is 5.86. The quantitative estimate of drug-likeness (QED) is 0.453. The molecule has 11 heteroatoms. The van der Waals surface area contributed by atoms with E-state index in [4.69, 9.17) is 11.5 Å². The molecule has 0 spiro atoms. The van der Waals surface area contributed by atoms with E-state index in [1.54, 1.807) is 35.9 Å². The summed E-state index contributed by atoms with van der Waals surface area (Å²) in [6, 6.07) is 9.79. The second kappa shape index (κ2) is 11.4. The van der Waals surface area contributed by atoms with Crippen LogP contribution in [0, 0.1) is 0 Å². The molecule has 1 aromatic heterocycles. The van der Waals surface area contributed by atoms with Gasteiger partial charge in [0.1, 0.15) is 5.82 Å². The smallest absolute Gasteiger partial charge is 0.338 e. The summed E-state index contributed by atoms with van der Waals surface area (Å²) in [5.74, 6) is 0.0394. The second-order valence-electron chi connectivity index (χ2n) is 10.6. The van der Waals surface area contributed by atoms with Gasteiger partial charge in [0.25, 0.3) is 0 Å². The lowest BCUT2D eigenvalue weighted by molar-refractivity contribution is -0.137. The highest BCUT2D eigenvalue weighted by molar-refractivity contribution is 5.89. The number of hydrogen-bond donors (Lipinski definition) is 4. The highest BCUT2D eigenvalue weighted by Gasteiger charge is 2.31. The fourth-order valence-electron chi connectivity index (χ4n) is 4.78. The number of rotatable bonds is 6. The van der Waals surface area contributed by atoms with Crippen LogP contribution in [0.15, 0.2) is 41.3 Å². The molecule has 2 fully saturated rings. The Balaban J connectivity index is 1.33. The largest absolute Gasteiger partial charge is 0.354 e. The number of anilines is 1. The predicted octanol–water partition coefficient (Wildman–Crippen LogP) is 1.01. The summed E-state index contributed by atoms with van der Waals surface area (Å²) in [7, 11) is 0. The van der Waals surface area contributed by atoms with Crippen molar-refractivity contribution in [2.75, 3.05) is 31.5 Å². The highest BCUT2D eigenvalue weighted by Crippen LogP contribution is 2.18. The number of amides is 3. The predicted molar refractivity (Wildman–Crippen MR) is 142 cm³/mol. The van der Waals surface area contributed by atoms with Gasteiger partial charge >= 0.3 is 11.7 Å². The van der Waals surface area contributed by atoms with Crippen LogP contribution in [0.3, 0.4) is 0 Å². The standard InChI is InChI=1S/C26H38N8O3/c1-26(2,28)23(35)32-12-14-33(15-13-32)24(36)30-22-10-11-34(25(37)31-22)21-5-3-4-18(16-21)17-29-20-8-6-19(27)7-9-20/h3-5,10-11,16,19-20,29H,6-9,12-15,17,27-28H2,1-2H3,(H,30,31,36,37). The number of carbonyl (C=O) groups is 2. The summed E-state index contributed by atoms with van der Waals surface area (Å²) in [5.41, 5.74) is 12.3. The molecular weight excluding hydrogens is 472 g/mol. The van der Waals surface area contributed by atoms with Crippen molar-refractivity contribution < 1.29 is 9.59 Å². The van der Waals surface area contributed by atoms with E-state index in [1.165, 1.54) is 4.57 Å². The van der Waals surface area contributed by atoms with E-state index in [0.717, 1.165) is 31.2 Å². The summed E-state index contributed by atoms with van der Waals surface area (Å²) < 4.78 is 1.46. The van der Waals surface area contributed by atoms with Crippen LogP contribution >= 0.6 is 0 Å². The van der Waals surface area contributed by atoms with Crippen LogP contribution in [-0.4, -0.2) is 75.1 Å². The van der Waals surface area contributed by atoms with E-state index in [9.17, 15) is 14.4 Å². The number of hydrogen-bond acceptors (Lipinski definition) is 7. The Labute approximate surface area is 217 Å². The van der Waals surface area contributed by atoms with Crippen LogP contribution in [0.5, 0.6) is 0 Å². The zero-order valence-corrected chi connectivity index (χ0v) is 21.7. The Hall–Kier alpha value is -3.28. The molecule has 2 aromatic rings. The van der Waals surface area contributed by atoms with E-state index in [-0.39, 0.29) is 17.8 Å². The maximum absolute atomic E-state index is 12.8. The maximum atomic E-state index is 12.8. The molecule has 200 valence electrons. The van der Waals surface area contributed by atoms with Gasteiger partial charge in [-0.25, -0.2) is 9.59 Å². The summed E-state index contributed by atoms with van der Waals surface area (Å²) in [6.45, 7) is 5.61. The van der Waals surface area contributed by atoms with Gasteiger partial charge in [0.2, 0.25) is 5.91 Å². The molecule has 0 atom stereocenters. The van der Waals surface area contributed by atoms with Crippen molar-refractivity contribution in [2.45, 2.75) is 63.7 Å². The van der Waals surface area contributed by atoms with Crippen molar-refractivity contribution in [3.05, 3.63) is 52.6 Å². The molecule has 1 saturated carbocycles. The van der Waals surface area contributed by atoms with Crippen LogP contribution in [0.25, 0.3) is 5.69 Å². The van der Waals surface area contributed by atoms with Crippen LogP contribution in [-0.2, 0) is 11.3 Å². The number of nitrogens with one attached hydrogen (secondary N) is 2. The number of aromatic nitrogens is 2. The van der Waals surface area contributed by atoms with Crippen molar-refractivity contribution in [3.63, 3.8) is 0 Å². The van der Waals surface area contributed by atoms with Crippen molar-refractivity contribution in [1.29, 1.82) is 0 Å². The first-order valence-corrected chi connectivity index (χ1v) is 12.9. The monoisotopic (exact) mass is 510 g/mol. The molecule has 11 nitrogen and oxygen atoms in total. The third-order valence-corrected chi connectivity index (χ3v) is 7.00. The minimum atomic E-state index is -0.946. The number of urea groups is 1. The van der Waals surface area contributed by atoms with Crippen molar-refractivity contribution in [3.8, 4) is 5.69 Å².